The number of carbonyl (C=O) groups excluding carboxylic acids is 1. The fourth-order valence-corrected chi connectivity index (χ4v) is 3.82. The van der Waals surface area contributed by atoms with E-state index in [1.165, 1.54) is 12.1 Å². The molecule has 0 spiro atoms. The topological polar surface area (TPSA) is 88.7 Å². The number of carbonyl (C=O) groups is 1. The zero-order valence-electron chi connectivity index (χ0n) is 17.2. The number of hydrogen-bond donors (Lipinski definition) is 2. The van der Waals surface area contributed by atoms with E-state index in [1.807, 2.05) is 30.3 Å². The van der Waals surface area contributed by atoms with Crippen molar-refractivity contribution in [3.63, 3.8) is 0 Å². The smallest absolute Gasteiger partial charge is 0.238 e. The van der Waals surface area contributed by atoms with Crippen LogP contribution in [0.4, 0.5) is 4.39 Å². The van der Waals surface area contributed by atoms with Crippen LogP contribution in [0.25, 0.3) is 11.1 Å². The van der Waals surface area contributed by atoms with Crippen LogP contribution in [0.1, 0.15) is 37.8 Å². The van der Waals surface area contributed by atoms with Crippen molar-refractivity contribution in [3.05, 3.63) is 59.4 Å². The van der Waals surface area contributed by atoms with Crippen LogP contribution >= 0.6 is 0 Å². The molecular formula is C24H25FN4O. The van der Waals surface area contributed by atoms with Crippen LogP contribution in [-0.2, 0) is 11.2 Å². The highest BCUT2D eigenvalue weighted by Crippen LogP contribution is 2.23. The Balaban J connectivity index is 1.66. The van der Waals surface area contributed by atoms with Crippen LogP contribution in [0.15, 0.2) is 42.5 Å². The minimum absolute atomic E-state index is 0.00343. The van der Waals surface area contributed by atoms with Crippen molar-refractivity contribution in [2.24, 2.45) is 5.92 Å². The van der Waals surface area contributed by atoms with Gasteiger partial charge in [-0.05, 0) is 54.5 Å². The summed E-state index contributed by atoms with van der Waals surface area (Å²) in [6.45, 7) is 4.12. The normalized spacial score (nSPS) is 21.8. The zero-order chi connectivity index (χ0) is 21.7. The number of nitrogens with zero attached hydrogens (tertiary/aromatic N) is 2. The number of hydrogen-bond acceptors (Lipinski definition) is 4. The first-order valence-corrected chi connectivity index (χ1v) is 10.2. The van der Waals surface area contributed by atoms with E-state index in [1.54, 1.807) is 6.07 Å². The van der Waals surface area contributed by atoms with Gasteiger partial charge in [0.2, 0.25) is 5.91 Å². The first-order chi connectivity index (χ1) is 14.4. The van der Waals surface area contributed by atoms with Crippen molar-refractivity contribution in [2.45, 2.75) is 51.2 Å². The lowest BCUT2D eigenvalue weighted by atomic mass is 9.88. The Morgan fingerprint density at radius 3 is 2.53 bits per heavy atom. The highest BCUT2D eigenvalue weighted by Gasteiger charge is 2.31. The molecule has 1 aliphatic rings. The summed E-state index contributed by atoms with van der Waals surface area (Å²) in [5.41, 5.74) is 2.51. The van der Waals surface area contributed by atoms with Gasteiger partial charge in [0.25, 0.3) is 0 Å². The third-order valence-corrected chi connectivity index (χ3v) is 5.66. The monoisotopic (exact) mass is 404 g/mol. The number of benzene rings is 2. The fourth-order valence-electron chi connectivity index (χ4n) is 3.82. The molecule has 2 N–H and O–H groups in total. The van der Waals surface area contributed by atoms with Crippen LogP contribution < -0.4 is 10.6 Å². The molecule has 2 aromatic carbocycles. The molecule has 0 bridgehead atoms. The van der Waals surface area contributed by atoms with Gasteiger partial charge in [0.1, 0.15) is 17.9 Å². The first-order valence-electron chi connectivity index (χ1n) is 10.2. The molecule has 1 fully saturated rings. The van der Waals surface area contributed by atoms with E-state index in [9.17, 15) is 14.4 Å². The Morgan fingerprint density at radius 1 is 1.17 bits per heavy atom. The summed E-state index contributed by atoms with van der Waals surface area (Å²) >= 11 is 0. The lowest BCUT2D eigenvalue weighted by Gasteiger charge is -2.33. The van der Waals surface area contributed by atoms with E-state index >= 15 is 0 Å². The summed E-state index contributed by atoms with van der Waals surface area (Å²) in [6.07, 6.45) is 2.43. The SMILES string of the molecule is C[C@@H]1CC[C@H](C)N[C@@H]1C(=O)N[C@H](C#N)Cc1ccc(-c2ccc(F)c(C#N)c2)cc1. The molecular weight excluding hydrogens is 379 g/mol. The highest BCUT2D eigenvalue weighted by atomic mass is 19.1. The van der Waals surface area contributed by atoms with E-state index in [2.05, 4.69) is 30.6 Å². The van der Waals surface area contributed by atoms with Gasteiger partial charge in [0.05, 0.1) is 17.7 Å². The van der Waals surface area contributed by atoms with E-state index in [-0.39, 0.29) is 29.5 Å². The van der Waals surface area contributed by atoms with Crippen LogP contribution in [0, 0.1) is 34.4 Å². The zero-order valence-corrected chi connectivity index (χ0v) is 17.2. The molecule has 154 valence electrons. The molecule has 0 aromatic heterocycles. The van der Waals surface area contributed by atoms with Gasteiger partial charge < -0.3 is 10.6 Å². The minimum Gasteiger partial charge on any atom is -0.339 e. The van der Waals surface area contributed by atoms with Crippen molar-refractivity contribution >= 4 is 5.91 Å². The largest absolute Gasteiger partial charge is 0.339 e. The van der Waals surface area contributed by atoms with Crippen molar-refractivity contribution in [1.29, 1.82) is 10.5 Å². The Hall–Kier alpha value is -3.22. The molecule has 0 unspecified atom stereocenters. The summed E-state index contributed by atoms with van der Waals surface area (Å²) in [4.78, 5) is 12.7. The summed E-state index contributed by atoms with van der Waals surface area (Å²) < 4.78 is 13.5. The predicted molar refractivity (Wildman–Crippen MR) is 113 cm³/mol. The Labute approximate surface area is 176 Å². The van der Waals surface area contributed by atoms with Gasteiger partial charge in [-0.3, -0.25) is 4.79 Å². The standard InChI is InChI=1S/C24H25FN4O/c1-15-3-4-16(2)28-23(15)24(30)29-21(14-27)11-17-5-7-18(8-6-17)19-9-10-22(25)20(12-19)13-26/h5-10,12,15-16,21,23,28H,3-4,11H2,1-2H3,(H,29,30)/t15-,16+,21+,23+/m1/s1. The number of nitriles is 2. The highest BCUT2D eigenvalue weighted by molar-refractivity contribution is 5.82. The molecule has 0 saturated carbocycles. The Morgan fingerprint density at radius 2 is 1.87 bits per heavy atom. The average molecular weight is 404 g/mol. The second-order valence-corrected chi connectivity index (χ2v) is 8.00. The van der Waals surface area contributed by atoms with Gasteiger partial charge >= 0.3 is 0 Å². The number of halogens is 1. The summed E-state index contributed by atoms with van der Waals surface area (Å²) in [5.74, 6) is -0.442. The van der Waals surface area contributed by atoms with Gasteiger partial charge in [0, 0.05) is 12.5 Å². The Bertz CT molecular complexity index is 990. The van der Waals surface area contributed by atoms with Crippen molar-refractivity contribution in [1.82, 2.24) is 10.6 Å². The predicted octanol–water partition coefficient (Wildman–Crippen LogP) is 3.69. The van der Waals surface area contributed by atoms with Crippen LogP contribution in [0.2, 0.25) is 0 Å². The van der Waals surface area contributed by atoms with Gasteiger partial charge in [-0.1, -0.05) is 37.3 Å². The van der Waals surface area contributed by atoms with Gasteiger partial charge in [-0.25, -0.2) is 4.39 Å². The summed E-state index contributed by atoms with van der Waals surface area (Å²) in [7, 11) is 0. The molecule has 1 heterocycles. The molecule has 1 amide bonds. The molecule has 6 heteroatoms. The maximum Gasteiger partial charge on any atom is 0.238 e. The van der Waals surface area contributed by atoms with Crippen LogP contribution in [0.3, 0.4) is 0 Å². The van der Waals surface area contributed by atoms with Gasteiger partial charge in [0.15, 0.2) is 0 Å². The van der Waals surface area contributed by atoms with E-state index in [0.29, 0.717) is 6.42 Å². The minimum atomic E-state index is -0.620. The van der Waals surface area contributed by atoms with E-state index in [0.717, 1.165) is 29.5 Å². The van der Waals surface area contributed by atoms with Crippen molar-refractivity contribution < 1.29 is 9.18 Å². The molecule has 0 aliphatic carbocycles. The molecule has 5 nitrogen and oxygen atoms in total. The number of piperidine rings is 1. The molecule has 30 heavy (non-hydrogen) atoms. The summed E-state index contributed by atoms with van der Waals surface area (Å²) in [5, 5.41) is 24.7. The molecule has 3 rings (SSSR count). The van der Waals surface area contributed by atoms with Crippen molar-refractivity contribution in [3.8, 4) is 23.3 Å². The van der Waals surface area contributed by atoms with Crippen LogP contribution in [0.5, 0.6) is 0 Å². The quantitative estimate of drug-likeness (QED) is 0.795. The lowest BCUT2D eigenvalue weighted by molar-refractivity contribution is -0.125. The molecule has 1 aliphatic heterocycles. The fraction of sp³-hybridized carbons (Fsp3) is 0.375. The number of nitrogens with one attached hydrogen (secondary N) is 2. The summed E-state index contributed by atoms with van der Waals surface area (Å²) in [6, 6.07) is 15.3. The second kappa shape index (κ2) is 9.52. The Kier molecular flexibility index (Phi) is 6.82. The first kappa shape index (κ1) is 21.5. The molecule has 4 atom stereocenters. The lowest BCUT2D eigenvalue weighted by Crippen LogP contribution is -2.55. The average Bonchev–Trinajstić information content (AvgIpc) is 2.75. The van der Waals surface area contributed by atoms with E-state index in [4.69, 9.17) is 5.26 Å². The van der Waals surface area contributed by atoms with E-state index < -0.39 is 11.9 Å². The van der Waals surface area contributed by atoms with Gasteiger partial charge in [-0.15, -0.1) is 0 Å². The second-order valence-electron chi connectivity index (χ2n) is 8.00. The van der Waals surface area contributed by atoms with Crippen LogP contribution in [-0.4, -0.2) is 24.0 Å². The molecule has 0 radical (unpaired) electrons. The maximum atomic E-state index is 13.5. The molecule has 1 saturated heterocycles. The third-order valence-electron chi connectivity index (χ3n) is 5.66. The maximum absolute atomic E-state index is 13.5. The third kappa shape index (κ3) is 5.03. The van der Waals surface area contributed by atoms with Crippen molar-refractivity contribution in [2.75, 3.05) is 0 Å². The molecule has 2 aromatic rings. The number of rotatable bonds is 5. The van der Waals surface area contributed by atoms with Gasteiger partial charge in [-0.2, -0.15) is 10.5 Å². The number of amides is 1.